The van der Waals surface area contributed by atoms with Crippen molar-refractivity contribution in [3.63, 3.8) is 0 Å². The number of aliphatic carboxylic acids is 1. The Morgan fingerprint density at radius 3 is 2.62 bits per heavy atom. The zero-order chi connectivity index (χ0) is 10.3. The van der Waals surface area contributed by atoms with Crippen molar-refractivity contribution in [3.8, 4) is 0 Å². The molecule has 1 atom stereocenters. The molecule has 0 aromatic carbocycles. The van der Waals surface area contributed by atoms with Crippen molar-refractivity contribution in [2.45, 2.75) is 20.0 Å². The third-order valence-electron chi connectivity index (χ3n) is 1.65. The molecule has 0 saturated carbocycles. The van der Waals surface area contributed by atoms with E-state index in [0.717, 1.165) is 6.08 Å². The molecule has 0 aromatic rings. The third kappa shape index (κ3) is 7.49. The van der Waals surface area contributed by atoms with Crippen LogP contribution in [0.25, 0.3) is 0 Å². The monoisotopic (exact) mass is 187 g/mol. The van der Waals surface area contributed by atoms with E-state index in [1.54, 1.807) is 0 Å². The van der Waals surface area contributed by atoms with Gasteiger partial charge in [-0.2, -0.15) is 0 Å². The van der Waals surface area contributed by atoms with Gasteiger partial charge in [-0.1, -0.05) is 19.9 Å². The van der Waals surface area contributed by atoms with Crippen LogP contribution in [0.2, 0.25) is 0 Å². The molecule has 0 spiro atoms. The Bertz CT molecular complexity index is 178. The number of hydrogen-bond donors (Lipinski definition) is 3. The van der Waals surface area contributed by atoms with Gasteiger partial charge in [0.2, 0.25) is 0 Å². The first-order valence-corrected chi connectivity index (χ1v) is 4.32. The molecular weight excluding hydrogens is 170 g/mol. The van der Waals surface area contributed by atoms with Gasteiger partial charge < -0.3 is 15.5 Å². The van der Waals surface area contributed by atoms with E-state index in [9.17, 15) is 9.90 Å². The van der Waals surface area contributed by atoms with Crippen LogP contribution in [-0.4, -0.2) is 35.4 Å². The summed E-state index contributed by atoms with van der Waals surface area (Å²) in [5.74, 6) is -0.734. The lowest BCUT2D eigenvalue weighted by Gasteiger charge is -2.13. The van der Waals surface area contributed by atoms with Crippen molar-refractivity contribution in [1.82, 2.24) is 5.32 Å². The van der Waals surface area contributed by atoms with E-state index >= 15 is 0 Å². The van der Waals surface area contributed by atoms with Gasteiger partial charge in [-0.15, -0.1) is 0 Å². The van der Waals surface area contributed by atoms with Crippen LogP contribution < -0.4 is 5.32 Å². The zero-order valence-electron chi connectivity index (χ0n) is 8.03. The molecule has 0 bridgehead atoms. The number of carboxylic acid groups (broad SMARTS) is 1. The summed E-state index contributed by atoms with van der Waals surface area (Å²) < 4.78 is 0. The zero-order valence-corrected chi connectivity index (χ0v) is 8.03. The Morgan fingerprint density at radius 1 is 1.54 bits per heavy atom. The standard InChI is InChI=1S/C9H17NO3/c1-7(2)8(11)6-10-5-3-4-9(12)13/h3-4,7-8,10-11H,5-6H2,1-2H3,(H,12,13)/b4-3+. The summed E-state index contributed by atoms with van der Waals surface area (Å²) in [6.07, 6.45) is 2.21. The van der Waals surface area contributed by atoms with Gasteiger partial charge in [-0.3, -0.25) is 0 Å². The van der Waals surface area contributed by atoms with Gasteiger partial charge >= 0.3 is 5.97 Å². The Morgan fingerprint density at radius 2 is 2.15 bits per heavy atom. The summed E-state index contributed by atoms with van der Waals surface area (Å²) >= 11 is 0. The highest BCUT2D eigenvalue weighted by Crippen LogP contribution is 1.98. The lowest BCUT2D eigenvalue weighted by atomic mass is 10.1. The van der Waals surface area contributed by atoms with E-state index in [4.69, 9.17) is 5.11 Å². The van der Waals surface area contributed by atoms with Crippen molar-refractivity contribution in [2.24, 2.45) is 5.92 Å². The molecule has 4 heteroatoms. The minimum Gasteiger partial charge on any atom is -0.478 e. The molecule has 0 aromatic heterocycles. The molecule has 4 nitrogen and oxygen atoms in total. The summed E-state index contributed by atoms with van der Waals surface area (Å²) in [5.41, 5.74) is 0. The first kappa shape index (κ1) is 12.1. The van der Waals surface area contributed by atoms with Crippen LogP contribution in [0.15, 0.2) is 12.2 Å². The fourth-order valence-corrected chi connectivity index (χ4v) is 0.710. The van der Waals surface area contributed by atoms with E-state index < -0.39 is 5.97 Å². The molecule has 0 aliphatic carbocycles. The number of hydrogen-bond acceptors (Lipinski definition) is 3. The Balaban J connectivity index is 3.40. The van der Waals surface area contributed by atoms with Crippen LogP contribution in [0, 0.1) is 5.92 Å². The maximum atomic E-state index is 10.0. The van der Waals surface area contributed by atoms with Crippen molar-refractivity contribution in [3.05, 3.63) is 12.2 Å². The molecular formula is C9H17NO3. The molecule has 0 saturated heterocycles. The molecule has 0 heterocycles. The molecule has 0 radical (unpaired) electrons. The van der Waals surface area contributed by atoms with Gasteiger partial charge in [0.25, 0.3) is 0 Å². The van der Waals surface area contributed by atoms with Gasteiger partial charge in [-0.05, 0) is 5.92 Å². The normalized spacial score (nSPS) is 13.8. The van der Waals surface area contributed by atoms with Gasteiger partial charge in [0.1, 0.15) is 0 Å². The van der Waals surface area contributed by atoms with Crippen molar-refractivity contribution in [2.75, 3.05) is 13.1 Å². The highest BCUT2D eigenvalue weighted by Gasteiger charge is 2.06. The first-order valence-electron chi connectivity index (χ1n) is 4.32. The minimum atomic E-state index is -0.953. The summed E-state index contributed by atoms with van der Waals surface area (Å²) in [5, 5.41) is 20.5. The van der Waals surface area contributed by atoms with Crippen LogP contribution >= 0.6 is 0 Å². The van der Waals surface area contributed by atoms with Crippen LogP contribution in [0.1, 0.15) is 13.8 Å². The molecule has 0 rings (SSSR count). The number of nitrogens with one attached hydrogen (secondary N) is 1. The highest BCUT2D eigenvalue weighted by molar-refractivity contribution is 5.79. The molecule has 1 unspecified atom stereocenters. The van der Waals surface area contributed by atoms with Crippen LogP contribution in [0.3, 0.4) is 0 Å². The molecule has 0 fully saturated rings. The van der Waals surface area contributed by atoms with E-state index in [2.05, 4.69) is 5.32 Å². The number of carboxylic acids is 1. The average Bonchev–Trinajstić information content (AvgIpc) is 2.02. The van der Waals surface area contributed by atoms with E-state index in [-0.39, 0.29) is 12.0 Å². The Labute approximate surface area is 78.3 Å². The molecule has 76 valence electrons. The maximum absolute atomic E-state index is 10.0. The largest absolute Gasteiger partial charge is 0.478 e. The van der Waals surface area contributed by atoms with Crippen molar-refractivity contribution < 1.29 is 15.0 Å². The summed E-state index contributed by atoms with van der Waals surface area (Å²) in [6, 6.07) is 0. The smallest absolute Gasteiger partial charge is 0.328 e. The van der Waals surface area contributed by atoms with Crippen molar-refractivity contribution in [1.29, 1.82) is 0 Å². The van der Waals surface area contributed by atoms with Crippen LogP contribution in [-0.2, 0) is 4.79 Å². The SMILES string of the molecule is CC(C)C(O)CNC/C=C/C(=O)O. The van der Waals surface area contributed by atoms with E-state index in [1.807, 2.05) is 13.8 Å². The first-order chi connectivity index (χ1) is 6.04. The summed E-state index contributed by atoms with van der Waals surface area (Å²) in [6.45, 7) is 4.82. The third-order valence-corrected chi connectivity index (χ3v) is 1.65. The quantitative estimate of drug-likeness (QED) is 0.411. The maximum Gasteiger partial charge on any atom is 0.328 e. The molecule has 13 heavy (non-hydrogen) atoms. The van der Waals surface area contributed by atoms with Crippen LogP contribution in [0.4, 0.5) is 0 Å². The second-order valence-electron chi connectivity index (χ2n) is 3.21. The molecule has 0 aliphatic heterocycles. The average molecular weight is 187 g/mol. The van der Waals surface area contributed by atoms with E-state index in [1.165, 1.54) is 6.08 Å². The number of rotatable bonds is 6. The fourth-order valence-electron chi connectivity index (χ4n) is 0.710. The predicted molar refractivity (Wildman–Crippen MR) is 50.5 cm³/mol. The second-order valence-corrected chi connectivity index (χ2v) is 3.21. The summed E-state index contributed by atoms with van der Waals surface area (Å²) in [4.78, 5) is 10.0. The predicted octanol–water partition coefficient (Wildman–Crippen LogP) is 0.234. The molecule has 0 aliphatic rings. The minimum absolute atomic E-state index is 0.218. The molecule has 0 amide bonds. The Hall–Kier alpha value is -0.870. The van der Waals surface area contributed by atoms with Gasteiger partial charge in [0.05, 0.1) is 6.10 Å². The summed E-state index contributed by atoms with van der Waals surface area (Å²) in [7, 11) is 0. The lowest BCUT2D eigenvalue weighted by molar-refractivity contribution is -0.131. The van der Waals surface area contributed by atoms with E-state index in [0.29, 0.717) is 13.1 Å². The van der Waals surface area contributed by atoms with Crippen LogP contribution in [0.5, 0.6) is 0 Å². The topological polar surface area (TPSA) is 69.6 Å². The van der Waals surface area contributed by atoms with Crippen molar-refractivity contribution >= 4 is 5.97 Å². The number of aliphatic hydroxyl groups excluding tert-OH is 1. The number of carbonyl (C=O) groups is 1. The highest BCUT2D eigenvalue weighted by atomic mass is 16.4. The van der Waals surface area contributed by atoms with Gasteiger partial charge in [0.15, 0.2) is 0 Å². The van der Waals surface area contributed by atoms with Gasteiger partial charge in [0, 0.05) is 19.2 Å². The molecule has 3 N–H and O–H groups in total. The number of aliphatic hydroxyl groups is 1. The fraction of sp³-hybridized carbons (Fsp3) is 0.667. The van der Waals surface area contributed by atoms with Gasteiger partial charge in [-0.25, -0.2) is 4.79 Å². The lowest BCUT2D eigenvalue weighted by Crippen LogP contribution is -2.30. The second kappa shape index (κ2) is 6.62. The Kier molecular flexibility index (Phi) is 6.18.